The maximum atomic E-state index is 10.4. The molecule has 0 fully saturated rings. The van der Waals surface area contributed by atoms with Gasteiger partial charge in [0.2, 0.25) is 0 Å². The maximum Gasteiger partial charge on any atom is 0.304 e. The molecule has 0 saturated heterocycles. The van der Waals surface area contributed by atoms with Gasteiger partial charge in [-0.1, -0.05) is 6.92 Å². The van der Waals surface area contributed by atoms with E-state index >= 15 is 0 Å². The van der Waals surface area contributed by atoms with E-state index in [2.05, 4.69) is 0 Å². The lowest BCUT2D eigenvalue weighted by Crippen LogP contribution is -2.40. The number of carbonyl (C=O) groups is 2. The number of rotatable bonds is 9. The van der Waals surface area contributed by atoms with Gasteiger partial charge in [0.15, 0.2) is 0 Å². The van der Waals surface area contributed by atoms with Crippen LogP contribution in [0.1, 0.15) is 26.2 Å². The molecule has 6 nitrogen and oxygen atoms in total. The second-order valence-corrected chi connectivity index (χ2v) is 3.57. The Labute approximate surface area is 94.5 Å². The number of carboxylic acid groups (broad SMARTS) is 2. The molecule has 0 aromatic heterocycles. The maximum absolute atomic E-state index is 10.4. The van der Waals surface area contributed by atoms with Gasteiger partial charge in [-0.3, -0.25) is 14.5 Å². The topological polar surface area (TPSA) is 98.1 Å². The zero-order valence-corrected chi connectivity index (χ0v) is 9.43. The number of nitrogens with zero attached hydrogens (tertiary/aromatic N) is 1. The first-order valence-electron chi connectivity index (χ1n) is 5.29. The highest BCUT2D eigenvalue weighted by Crippen LogP contribution is 2.06. The first-order valence-corrected chi connectivity index (χ1v) is 5.29. The minimum atomic E-state index is -0.923. The number of aliphatic carboxylic acids is 2. The highest BCUT2D eigenvalue weighted by molar-refractivity contribution is 5.67. The fourth-order valence-corrected chi connectivity index (χ4v) is 1.46. The van der Waals surface area contributed by atoms with Crippen molar-refractivity contribution in [2.24, 2.45) is 0 Å². The van der Waals surface area contributed by atoms with Gasteiger partial charge in [-0.05, 0) is 6.42 Å². The van der Waals surface area contributed by atoms with E-state index in [4.69, 9.17) is 15.3 Å². The van der Waals surface area contributed by atoms with Gasteiger partial charge in [0.1, 0.15) is 0 Å². The largest absolute Gasteiger partial charge is 0.481 e. The van der Waals surface area contributed by atoms with E-state index in [-0.39, 0.29) is 38.6 Å². The van der Waals surface area contributed by atoms with Gasteiger partial charge in [-0.2, -0.15) is 0 Å². The first-order chi connectivity index (χ1) is 7.51. The fraction of sp³-hybridized carbons (Fsp3) is 0.800. The summed E-state index contributed by atoms with van der Waals surface area (Å²) in [5.74, 6) is -1.85. The van der Waals surface area contributed by atoms with Crippen LogP contribution < -0.4 is 0 Å². The van der Waals surface area contributed by atoms with E-state index in [0.717, 1.165) is 0 Å². The minimum absolute atomic E-state index is 0.0455. The second-order valence-electron chi connectivity index (χ2n) is 3.57. The number of hydrogen-bond acceptors (Lipinski definition) is 4. The Balaban J connectivity index is 4.24. The summed E-state index contributed by atoms with van der Waals surface area (Å²) in [4.78, 5) is 22.6. The van der Waals surface area contributed by atoms with Crippen molar-refractivity contribution >= 4 is 11.9 Å². The Kier molecular flexibility index (Phi) is 7.49. The number of carboxylic acids is 2. The molecule has 0 aliphatic heterocycles. The van der Waals surface area contributed by atoms with E-state index in [1.807, 2.05) is 6.92 Å². The molecular formula is C10H19NO5. The van der Waals surface area contributed by atoms with Crippen molar-refractivity contribution in [1.82, 2.24) is 4.90 Å². The van der Waals surface area contributed by atoms with Crippen molar-refractivity contribution in [2.45, 2.75) is 32.2 Å². The first kappa shape index (κ1) is 14.9. The van der Waals surface area contributed by atoms with Crippen LogP contribution in [0, 0.1) is 0 Å². The molecule has 0 aliphatic rings. The molecule has 94 valence electrons. The van der Waals surface area contributed by atoms with Crippen LogP contribution in [0.3, 0.4) is 0 Å². The summed E-state index contributed by atoms with van der Waals surface area (Å²) in [5.41, 5.74) is 0. The van der Waals surface area contributed by atoms with Crippen LogP contribution in [0.2, 0.25) is 0 Å². The molecule has 0 saturated carbocycles. The summed E-state index contributed by atoms with van der Waals surface area (Å²) in [6, 6.07) is -0.168. The van der Waals surface area contributed by atoms with Crippen molar-refractivity contribution in [2.75, 3.05) is 19.7 Å². The molecule has 0 aromatic rings. The van der Waals surface area contributed by atoms with E-state index < -0.39 is 11.9 Å². The lowest BCUT2D eigenvalue weighted by Gasteiger charge is -2.28. The molecule has 0 spiro atoms. The smallest absolute Gasteiger partial charge is 0.304 e. The molecule has 1 unspecified atom stereocenters. The van der Waals surface area contributed by atoms with E-state index in [1.54, 1.807) is 4.90 Å². The quantitative estimate of drug-likeness (QED) is 0.519. The fourth-order valence-electron chi connectivity index (χ4n) is 1.46. The number of aliphatic hydroxyl groups is 1. The summed E-state index contributed by atoms with van der Waals surface area (Å²) < 4.78 is 0. The van der Waals surface area contributed by atoms with Crippen LogP contribution in [0.15, 0.2) is 0 Å². The molecule has 3 N–H and O–H groups in total. The van der Waals surface area contributed by atoms with Gasteiger partial charge in [-0.15, -0.1) is 0 Å². The third kappa shape index (κ3) is 6.36. The van der Waals surface area contributed by atoms with Gasteiger partial charge in [0.25, 0.3) is 0 Å². The van der Waals surface area contributed by atoms with Crippen molar-refractivity contribution in [3.63, 3.8) is 0 Å². The Morgan fingerprint density at radius 2 is 1.56 bits per heavy atom. The van der Waals surface area contributed by atoms with Crippen LogP contribution >= 0.6 is 0 Å². The van der Waals surface area contributed by atoms with E-state index in [1.165, 1.54) is 0 Å². The average molecular weight is 233 g/mol. The zero-order valence-electron chi connectivity index (χ0n) is 9.43. The summed E-state index contributed by atoms with van der Waals surface area (Å²) >= 11 is 0. The Hall–Kier alpha value is -1.14. The molecule has 6 heteroatoms. The summed E-state index contributed by atoms with van der Waals surface area (Å²) in [6.45, 7) is 2.31. The van der Waals surface area contributed by atoms with Crippen molar-refractivity contribution in [3.8, 4) is 0 Å². The number of hydrogen-bond donors (Lipinski definition) is 3. The normalized spacial score (nSPS) is 12.7. The standard InChI is InChI=1S/C10H19NO5/c1-2-8(7-12)11(5-3-9(13)14)6-4-10(15)16/h8,12H,2-7H2,1H3,(H,13,14)(H,15,16). The predicted molar refractivity (Wildman–Crippen MR) is 57.2 cm³/mol. The average Bonchev–Trinajstić information content (AvgIpc) is 2.22. The van der Waals surface area contributed by atoms with E-state index in [9.17, 15) is 9.59 Å². The highest BCUT2D eigenvalue weighted by Gasteiger charge is 2.17. The number of aliphatic hydroxyl groups excluding tert-OH is 1. The molecular weight excluding hydrogens is 214 g/mol. The van der Waals surface area contributed by atoms with E-state index in [0.29, 0.717) is 6.42 Å². The SMILES string of the molecule is CCC(CO)N(CCC(=O)O)CCC(=O)O. The molecule has 0 aromatic carbocycles. The Morgan fingerprint density at radius 3 is 1.81 bits per heavy atom. The van der Waals surface area contributed by atoms with Gasteiger partial charge >= 0.3 is 11.9 Å². The van der Waals surface area contributed by atoms with Gasteiger partial charge in [-0.25, -0.2) is 0 Å². The molecule has 0 amide bonds. The van der Waals surface area contributed by atoms with Gasteiger partial charge in [0.05, 0.1) is 19.4 Å². The van der Waals surface area contributed by atoms with Crippen molar-refractivity contribution in [3.05, 3.63) is 0 Å². The minimum Gasteiger partial charge on any atom is -0.481 e. The summed E-state index contributed by atoms with van der Waals surface area (Å²) in [6.07, 6.45) is 0.571. The summed E-state index contributed by atoms with van der Waals surface area (Å²) in [7, 11) is 0. The Bertz CT molecular complexity index is 209. The summed E-state index contributed by atoms with van der Waals surface area (Å²) in [5, 5.41) is 26.2. The molecule has 0 radical (unpaired) electrons. The van der Waals surface area contributed by atoms with Crippen LogP contribution in [-0.2, 0) is 9.59 Å². The van der Waals surface area contributed by atoms with Gasteiger partial charge < -0.3 is 15.3 Å². The molecule has 16 heavy (non-hydrogen) atoms. The monoisotopic (exact) mass is 233 g/mol. The van der Waals surface area contributed by atoms with Crippen LogP contribution in [-0.4, -0.2) is 57.9 Å². The second kappa shape index (κ2) is 8.06. The zero-order chi connectivity index (χ0) is 12.6. The van der Waals surface area contributed by atoms with Gasteiger partial charge in [0, 0.05) is 19.1 Å². The van der Waals surface area contributed by atoms with Crippen molar-refractivity contribution in [1.29, 1.82) is 0 Å². The predicted octanol–water partition coefficient (Wildman–Crippen LogP) is 0.00870. The Morgan fingerprint density at radius 1 is 1.12 bits per heavy atom. The molecule has 0 bridgehead atoms. The third-order valence-electron chi connectivity index (χ3n) is 2.42. The van der Waals surface area contributed by atoms with Crippen LogP contribution in [0.5, 0.6) is 0 Å². The molecule has 0 aliphatic carbocycles. The van der Waals surface area contributed by atoms with Crippen LogP contribution in [0.25, 0.3) is 0 Å². The lowest BCUT2D eigenvalue weighted by atomic mass is 10.2. The highest BCUT2D eigenvalue weighted by atomic mass is 16.4. The lowest BCUT2D eigenvalue weighted by molar-refractivity contribution is -0.137. The molecule has 0 heterocycles. The molecule has 1 atom stereocenters. The third-order valence-corrected chi connectivity index (χ3v) is 2.42. The van der Waals surface area contributed by atoms with Crippen molar-refractivity contribution < 1.29 is 24.9 Å². The van der Waals surface area contributed by atoms with Crippen LogP contribution in [0.4, 0.5) is 0 Å². The molecule has 0 rings (SSSR count).